The van der Waals surface area contributed by atoms with Crippen molar-refractivity contribution in [2.45, 2.75) is 316 Å². The number of aryl methyl sites for hydroxylation is 2. The van der Waals surface area contributed by atoms with E-state index in [1.807, 2.05) is 0 Å². The zero-order valence-electron chi connectivity index (χ0n) is 39.2. The van der Waals surface area contributed by atoms with Crippen molar-refractivity contribution >= 4 is 0 Å². The van der Waals surface area contributed by atoms with Gasteiger partial charge in [0.1, 0.15) is 0 Å². The lowest BCUT2D eigenvalue weighted by Gasteiger charge is -2.10. The van der Waals surface area contributed by atoms with Crippen molar-refractivity contribution in [1.82, 2.24) is 0 Å². The molecule has 0 unspecified atom stereocenters. The molecule has 0 saturated carbocycles. The summed E-state index contributed by atoms with van der Waals surface area (Å²) in [5.74, 6) is 0. The van der Waals surface area contributed by atoms with Crippen LogP contribution < -0.4 is 0 Å². The smallest absolute Gasteiger partial charge is 0.0279 e. The van der Waals surface area contributed by atoms with Crippen LogP contribution in [0.5, 0.6) is 0 Å². The lowest BCUT2D eigenvalue weighted by atomic mass is 9.96. The average Bonchev–Trinajstić information content (AvgIpc) is 3.21. The van der Waals surface area contributed by atoms with Gasteiger partial charge in [-0.25, -0.2) is 0 Å². The molecular weight excluding hydrogens is 673 g/mol. The molecule has 0 aliphatic heterocycles. The molecule has 0 aliphatic carbocycles. The van der Waals surface area contributed by atoms with E-state index in [0.29, 0.717) is 0 Å². The number of benzene rings is 1. The zero-order chi connectivity index (χ0) is 40.1. The third-order valence-electron chi connectivity index (χ3n) is 13.0. The summed E-state index contributed by atoms with van der Waals surface area (Å²) in [7, 11) is 0. The molecule has 0 aromatic heterocycles. The topological polar surface area (TPSA) is 0 Å². The van der Waals surface area contributed by atoms with Crippen LogP contribution >= 0.6 is 0 Å². The second-order valence-corrected chi connectivity index (χ2v) is 18.8. The maximum absolute atomic E-state index is 4.22. The molecular formula is C56H105. The van der Waals surface area contributed by atoms with Gasteiger partial charge in [-0.15, -0.1) is 0 Å². The molecule has 0 aliphatic rings. The molecule has 1 radical (unpaired) electrons. The highest BCUT2D eigenvalue weighted by Crippen LogP contribution is 2.20. The minimum absolute atomic E-state index is 0.930. The summed E-state index contributed by atoms with van der Waals surface area (Å²) in [6.07, 6.45) is 67.6. The van der Waals surface area contributed by atoms with Crippen LogP contribution in [0.3, 0.4) is 0 Å². The van der Waals surface area contributed by atoms with Gasteiger partial charge in [0.2, 0.25) is 0 Å². The largest absolute Gasteiger partial charge is 0.0654 e. The standard InChI is InChI=1S/C56H105/c1-4-7-9-11-13-15-17-19-21-23-25-27-29-31-33-35-37-39-41-43-45-47-49-55-51-54(6-3)52-56(53-55)50-48-46-44-42-40-38-36-34-32-30-28-26-24-22-20-18-16-14-12-10-8-5-2/h51-53H,3-50H2,1-2H3. The van der Waals surface area contributed by atoms with E-state index in [0.717, 1.165) is 6.42 Å². The third-order valence-corrected chi connectivity index (χ3v) is 13.0. The Morgan fingerprint density at radius 2 is 0.393 bits per heavy atom. The van der Waals surface area contributed by atoms with Gasteiger partial charge in [0.15, 0.2) is 0 Å². The van der Waals surface area contributed by atoms with Crippen molar-refractivity contribution in [3.63, 3.8) is 0 Å². The number of rotatable bonds is 47. The normalized spacial score (nSPS) is 11.6. The van der Waals surface area contributed by atoms with Crippen LogP contribution in [0.15, 0.2) is 18.2 Å². The molecule has 56 heavy (non-hydrogen) atoms. The summed E-state index contributed by atoms with van der Waals surface area (Å²) in [5.41, 5.74) is 4.61. The number of hydrogen-bond acceptors (Lipinski definition) is 0. The summed E-state index contributed by atoms with van der Waals surface area (Å²) in [6.45, 7) is 8.85. The van der Waals surface area contributed by atoms with Gasteiger partial charge in [-0.3, -0.25) is 0 Å². The van der Waals surface area contributed by atoms with Crippen molar-refractivity contribution in [3.8, 4) is 0 Å². The summed E-state index contributed by atoms with van der Waals surface area (Å²) in [4.78, 5) is 0. The first kappa shape index (κ1) is 53.2. The molecule has 1 rings (SSSR count). The van der Waals surface area contributed by atoms with E-state index < -0.39 is 0 Å². The molecule has 0 bridgehead atoms. The van der Waals surface area contributed by atoms with Crippen LogP contribution in [0.4, 0.5) is 0 Å². The van der Waals surface area contributed by atoms with Crippen LogP contribution in [-0.2, 0) is 19.3 Å². The van der Waals surface area contributed by atoms with Crippen LogP contribution in [0.25, 0.3) is 0 Å². The minimum atomic E-state index is 0.930. The van der Waals surface area contributed by atoms with Gasteiger partial charge in [0, 0.05) is 0 Å². The van der Waals surface area contributed by atoms with Crippen LogP contribution in [0, 0.1) is 6.92 Å². The van der Waals surface area contributed by atoms with Gasteiger partial charge in [-0.1, -0.05) is 302 Å². The fourth-order valence-electron chi connectivity index (χ4n) is 9.15. The lowest BCUT2D eigenvalue weighted by molar-refractivity contribution is 0.519. The summed E-state index contributed by atoms with van der Waals surface area (Å²) < 4.78 is 0. The fourth-order valence-corrected chi connectivity index (χ4v) is 9.15. The molecule has 0 N–H and O–H groups in total. The van der Waals surface area contributed by atoms with Gasteiger partial charge in [-0.2, -0.15) is 0 Å². The first-order valence-corrected chi connectivity index (χ1v) is 26.7. The number of hydrogen-bond donors (Lipinski definition) is 0. The Bertz CT molecular complexity index is 801. The molecule has 1 aromatic rings. The molecule has 0 heterocycles. The van der Waals surface area contributed by atoms with Gasteiger partial charge in [0.25, 0.3) is 0 Å². The fraction of sp³-hybridized carbons (Fsp3) is 0.875. The summed E-state index contributed by atoms with van der Waals surface area (Å²) >= 11 is 0. The molecule has 0 atom stereocenters. The molecule has 0 amide bonds. The summed E-state index contributed by atoms with van der Waals surface area (Å²) in [6, 6.07) is 7.44. The maximum atomic E-state index is 4.22. The zero-order valence-corrected chi connectivity index (χ0v) is 39.2. The van der Waals surface area contributed by atoms with Crippen molar-refractivity contribution in [2.24, 2.45) is 0 Å². The Kier molecular flexibility index (Phi) is 43.1. The second-order valence-electron chi connectivity index (χ2n) is 18.8. The molecule has 0 nitrogen and oxygen atoms in total. The van der Waals surface area contributed by atoms with E-state index in [2.05, 4.69) is 39.0 Å². The Balaban J connectivity index is 1.87. The Morgan fingerprint density at radius 3 is 0.571 bits per heavy atom. The van der Waals surface area contributed by atoms with Crippen LogP contribution in [-0.4, -0.2) is 0 Å². The first-order valence-electron chi connectivity index (χ1n) is 26.7. The van der Waals surface area contributed by atoms with E-state index in [-0.39, 0.29) is 0 Å². The quantitative estimate of drug-likeness (QED) is 0.0578. The van der Waals surface area contributed by atoms with Crippen LogP contribution in [0.2, 0.25) is 0 Å². The first-order chi connectivity index (χ1) is 27.8. The second kappa shape index (κ2) is 45.3. The Hall–Kier alpha value is -0.780. The van der Waals surface area contributed by atoms with E-state index in [1.54, 1.807) is 11.1 Å². The predicted molar refractivity (Wildman–Crippen MR) is 257 cm³/mol. The Labute approximate surface area is 356 Å². The summed E-state index contributed by atoms with van der Waals surface area (Å²) in [5, 5.41) is 0. The Morgan fingerprint density at radius 1 is 0.232 bits per heavy atom. The van der Waals surface area contributed by atoms with Gasteiger partial charge in [-0.05, 0) is 55.7 Å². The van der Waals surface area contributed by atoms with Gasteiger partial charge in [0.05, 0.1) is 0 Å². The number of unbranched alkanes of at least 4 members (excludes halogenated alkanes) is 42. The molecule has 1 aromatic carbocycles. The molecule has 0 fully saturated rings. The van der Waals surface area contributed by atoms with E-state index >= 15 is 0 Å². The molecule has 0 heteroatoms. The predicted octanol–water partition coefficient (Wildman–Crippen LogP) is 20.4. The van der Waals surface area contributed by atoms with Crippen molar-refractivity contribution < 1.29 is 0 Å². The van der Waals surface area contributed by atoms with Gasteiger partial charge >= 0.3 is 0 Å². The lowest BCUT2D eigenvalue weighted by Crippen LogP contribution is -1.95. The van der Waals surface area contributed by atoms with Crippen LogP contribution in [0.1, 0.15) is 313 Å². The van der Waals surface area contributed by atoms with Crippen molar-refractivity contribution in [3.05, 3.63) is 41.8 Å². The average molecular weight is 778 g/mol. The van der Waals surface area contributed by atoms with Crippen molar-refractivity contribution in [2.75, 3.05) is 0 Å². The highest BCUT2D eigenvalue weighted by atomic mass is 14.1. The van der Waals surface area contributed by atoms with E-state index in [4.69, 9.17) is 0 Å². The molecule has 0 spiro atoms. The monoisotopic (exact) mass is 778 g/mol. The third kappa shape index (κ3) is 38.7. The van der Waals surface area contributed by atoms with E-state index in [1.165, 1.54) is 301 Å². The maximum Gasteiger partial charge on any atom is -0.0279 e. The highest BCUT2D eigenvalue weighted by Gasteiger charge is 2.03. The highest BCUT2D eigenvalue weighted by molar-refractivity contribution is 5.31. The SMILES string of the molecule is [CH2]Cc1cc(CCCCCCCCCCCCCCCCCCCCCCCC)cc(CCCCCCCCCCCCCCCCCCCCCCCC)c1. The van der Waals surface area contributed by atoms with Crippen molar-refractivity contribution in [1.29, 1.82) is 0 Å². The minimum Gasteiger partial charge on any atom is -0.0654 e. The van der Waals surface area contributed by atoms with Gasteiger partial charge < -0.3 is 0 Å². The van der Waals surface area contributed by atoms with E-state index in [9.17, 15) is 0 Å². The molecule has 0 saturated heterocycles. The molecule has 329 valence electrons.